The Hall–Kier alpha value is -0.840. The predicted octanol–water partition coefficient (Wildman–Crippen LogP) is 4.10. The highest BCUT2D eigenvalue weighted by atomic mass is 79.9. The van der Waals surface area contributed by atoms with Crippen LogP contribution in [0.25, 0.3) is 0 Å². The van der Waals surface area contributed by atoms with Gasteiger partial charge in [-0.25, -0.2) is 0 Å². The first kappa shape index (κ1) is 13.6. The molecule has 2 rings (SSSR count). The summed E-state index contributed by atoms with van der Waals surface area (Å²) in [5, 5.41) is 12.2. The van der Waals surface area contributed by atoms with E-state index in [1.54, 1.807) is 18.4 Å². The molecule has 0 aliphatic rings. The van der Waals surface area contributed by atoms with E-state index in [0.717, 1.165) is 20.7 Å². The number of aliphatic hydroxyl groups excluding tert-OH is 1. The van der Waals surface area contributed by atoms with Gasteiger partial charge in [-0.2, -0.15) is 0 Å². The number of ether oxygens (including phenoxy) is 1. The van der Waals surface area contributed by atoms with Crippen LogP contribution >= 0.6 is 27.3 Å². The fourth-order valence-corrected chi connectivity index (χ4v) is 3.11. The van der Waals surface area contributed by atoms with Gasteiger partial charge in [-0.05, 0) is 51.5 Å². The quantitative estimate of drug-likeness (QED) is 0.916. The standard InChI is InChI=1S/C14H15BrO2S/c1-9-3-4-13(17-2)10(5-9)6-12(16)11-7-14(15)18-8-11/h3-5,7-8,12,16H,6H2,1-2H3. The minimum Gasteiger partial charge on any atom is -0.496 e. The summed E-state index contributed by atoms with van der Waals surface area (Å²) >= 11 is 4.99. The van der Waals surface area contributed by atoms with E-state index in [1.165, 1.54) is 5.56 Å². The summed E-state index contributed by atoms with van der Waals surface area (Å²) < 4.78 is 6.36. The van der Waals surface area contributed by atoms with Gasteiger partial charge in [-0.1, -0.05) is 17.7 Å². The van der Waals surface area contributed by atoms with Gasteiger partial charge in [0.15, 0.2) is 0 Å². The van der Waals surface area contributed by atoms with Crippen molar-refractivity contribution in [1.82, 2.24) is 0 Å². The highest BCUT2D eigenvalue weighted by Gasteiger charge is 2.13. The minimum atomic E-state index is -0.497. The fraction of sp³-hybridized carbons (Fsp3) is 0.286. The monoisotopic (exact) mass is 326 g/mol. The summed E-state index contributed by atoms with van der Waals surface area (Å²) in [6.07, 6.45) is 0.0665. The first-order valence-electron chi connectivity index (χ1n) is 5.65. The van der Waals surface area contributed by atoms with Gasteiger partial charge in [0, 0.05) is 6.42 Å². The molecule has 1 N–H and O–H groups in total. The van der Waals surface area contributed by atoms with E-state index in [-0.39, 0.29) is 0 Å². The van der Waals surface area contributed by atoms with E-state index in [9.17, 15) is 5.11 Å². The SMILES string of the molecule is COc1ccc(C)cc1CC(O)c1csc(Br)c1. The largest absolute Gasteiger partial charge is 0.496 e. The molecule has 0 bridgehead atoms. The maximum atomic E-state index is 10.2. The molecule has 0 aliphatic carbocycles. The van der Waals surface area contributed by atoms with Gasteiger partial charge in [0.1, 0.15) is 5.75 Å². The number of aliphatic hydroxyl groups is 1. The van der Waals surface area contributed by atoms with E-state index in [1.807, 2.05) is 30.5 Å². The Kier molecular flexibility index (Phi) is 4.43. The lowest BCUT2D eigenvalue weighted by atomic mass is 10.0. The van der Waals surface area contributed by atoms with Gasteiger partial charge in [-0.15, -0.1) is 11.3 Å². The van der Waals surface area contributed by atoms with Gasteiger partial charge in [0.05, 0.1) is 17.0 Å². The molecule has 0 spiro atoms. The van der Waals surface area contributed by atoms with E-state index < -0.39 is 6.10 Å². The highest BCUT2D eigenvalue weighted by molar-refractivity contribution is 9.11. The van der Waals surface area contributed by atoms with Crippen LogP contribution in [0, 0.1) is 6.92 Å². The Bertz CT molecular complexity index is 536. The fourth-order valence-electron chi connectivity index (χ4n) is 1.89. The van der Waals surface area contributed by atoms with E-state index in [4.69, 9.17) is 4.74 Å². The van der Waals surface area contributed by atoms with Gasteiger partial charge in [0.2, 0.25) is 0 Å². The molecule has 1 heterocycles. The Labute approximate surface area is 119 Å². The van der Waals surface area contributed by atoms with Crippen LogP contribution in [0.3, 0.4) is 0 Å². The van der Waals surface area contributed by atoms with Crippen LogP contribution in [0.2, 0.25) is 0 Å². The Morgan fingerprint density at radius 2 is 2.17 bits per heavy atom. The second-order valence-corrected chi connectivity index (χ2v) is 6.51. The number of thiophene rings is 1. The summed E-state index contributed by atoms with van der Waals surface area (Å²) in [6, 6.07) is 7.97. The molecule has 0 saturated heterocycles. The van der Waals surface area contributed by atoms with Crippen LogP contribution < -0.4 is 4.74 Å². The van der Waals surface area contributed by atoms with Crippen LogP contribution in [0.5, 0.6) is 5.75 Å². The lowest BCUT2D eigenvalue weighted by Crippen LogP contribution is -2.02. The van der Waals surface area contributed by atoms with Crippen LogP contribution in [-0.2, 0) is 6.42 Å². The summed E-state index contributed by atoms with van der Waals surface area (Å²) in [4.78, 5) is 0. The number of hydrogen-bond donors (Lipinski definition) is 1. The zero-order chi connectivity index (χ0) is 13.1. The normalized spacial score (nSPS) is 12.4. The number of aryl methyl sites for hydroxylation is 1. The summed E-state index contributed by atoms with van der Waals surface area (Å²) in [7, 11) is 1.65. The van der Waals surface area contributed by atoms with Crippen molar-refractivity contribution in [2.45, 2.75) is 19.4 Å². The number of benzene rings is 1. The third kappa shape index (κ3) is 3.13. The van der Waals surface area contributed by atoms with E-state index in [2.05, 4.69) is 22.0 Å². The van der Waals surface area contributed by atoms with Crippen molar-refractivity contribution in [2.24, 2.45) is 0 Å². The van der Waals surface area contributed by atoms with Gasteiger partial charge in [-0.3, -0.25) is 0 Å². The van der Waals surface area contributed by atoms with Crippen LogP contribution in [0.15, 0.2) is 33.4 Å². The minimum absolute atomic E-state index is 0.497. The second kappa shape index (κ2) is 5.87. The maximum Gasteiger partial charge on any atom is 0.122 e. The molecule has 0 aliphatic heterocycles. The lowest BCUT2D eigenvalue weighted by Gasteiger charge is -2.13. The summed E-state index contributed by atoms with van der Waals surface area (Å²) in [6.45, 7) is 2.04. The molecule has 0 saturated carbocycles. The topological polar surface area (TPSA) is 29.5 Å². The lowest BCUT2D eigenvalue weighted by molar-refractivity contribution is 0.177. The van der Waals surface area contributed by atoms with Gasteiger partial charge < -0.3 is 9.84 Å². The van der Waals surface area contributed by atoms with Crippen LogP contribution in [-0.4, -0.2) is 12.2 Å². The Morgan fingerprint density at radius 3 is 2.78 bits per heavy atom. The Balaban J connectivity index is 2.20. The molecule has 1 aromatic heterocycles. The number of hydrogen-bond acceptors (Lipinski definition) is 3. The van der Waals surface area contributed by atoms with E-state index in [0.29, 0.717) is 6.42 Å². The number of halogens is 1. The van der Waals surface area contributed by atoms with Gasteiger partial charge in [0.25, 0.3) is 0 Å². The molecular weight excluding hydrogens is 312 g/mol. The number of methoxy groups -OCH3 is 1. The molecule has 4 heteroatoms. The molecule has 1 unspecified atom stereocenters. The average molecular weight is 327 g/mol. The molecular formula is C14H15BrO2S. The second-order valence-electron chi connectivity index (χ2n) is 4.22. The zero-order valence-corrected chi connectivity index (χ0v) is 12.7. The zero-order valence-electron chi connectivity index (χ0n) is 10.3. The molecule has 0 radical (unpaired) electrons. The van der Waals surface area contributed by atoms with Crippen molar-refractivity contribution >= 4 is 27.3 Å². The summed E-state index contributed by atoms with van der Waals surface area (Å²) in [5.41, 5.74) is 3.15. The van der Waals surface area contributed by atoms with Gasteiger partial charge >= 0.3 is 0 Å². The molecule has 0 amide bonds. The van der Waals surface area contributed by atoms with Crippen molar-refractivity contribution in [2.75, 3.05) is 7.11 Å². The molecule has 96 valence electrons. The number of rotatable bonds is 4. The third-order valence-corrected chi connectivity index (χ3v) is 4.34. The van der Waals surface area contributed by atoms with Crippen molar-refractivity contribution in [3.05, 3.63) is 50.1 Å². The molecule has 1 atom stereocenters. The third-order valence-electron chi connectivity index (χ3n) is 2.82. The van der Waals surface area contributed by atoms with Crippen LogP contribution in [0.4, 0.5) is 0 Å². The van der Waals surface area contributed by atoms with Crippen molar-refractivity contribution in [3.63, 3.8) is 0 Å². The highest BCUT2D eigenvalue weighted by Crippen LogP contribution is 2.30. The molecule has 0 fully saturated rings. The van der Waals surface area contributed by atoms with E-state index >= 15 is 0 Å². The first-order valence-corrected chi connectivity index (χ1v) is 7.33. The smallest absolute Gasteiger partial charge is 0.122 e. The van der Waals surface area contributed by atoms with Crippen molar-refractivity contribution in [3.8, 4) is 5.75 Å². The first-order chi connectivity index (χ1) is 8.60. The van der Waals surface area contributed by atoms with Crippen molar-refractivity contribution in [1.29, 1.82) is 0 Å². The van der Waals surface area contributed by atoms with Crippen molar-refractivity contribution < 1.29 is 9.84 Å². The molecule has 1 aromatic carbocycles. The average Bonchev–Trinajstić information content (AvgIpc) is 2.76. The molecule has 18 heavy (non-hydrogen) atoms. The van der Waals surface area contributed by atoms with Crippen LogP contribution in [0.1, 0.15) is 22.8 Å². The predicted molar refractivity (Wildman–Crippen MR) is 78.4 cm³/mol. The molecule has 2 nitrogen and oxygen atoms in total. The summed E-state index contributed by atoms with van der Waals surface area (Å²) in [5.74, 6) is 0.828. The maximum absolute atomic E-state index is 10.2. The Morgan fingerprint density at radius 1 is 1.39 bits per heavy atom. The molecule has 2 aromatic rings.